The number of carbonyl (C=O) groups excluding carboxylic acids is 2. The van der Waals surface area contributed by atoms with Crippen LogP contribution in [0, 0.1) is 11.6 Å². The van der Waals surface area contributed by atoms with Crippen molar-refractivity contribution in [2.75, 3.05) is 11.9 Å². The van der Waals surface area contributed by atoms with Gasteiger partial charge < -0.3 is 10.1 Å². The van der Waals surface area contributed by atoms with Crippen LogP contribution in [0.25, 0.3) is 0 Å². The van der Waals surface area contributed by atoms with E-state index in [2.05, 4.69) is 5.32 Å². The molecule has 2 amide bonds. The number of nitrogens with one attached hydrogen (secondary N) is 1. The zero-order chi connectivity index (χ0) is 17.2. The van der Waals surface area contributed by atoms with Gasteiger partial charge in [0.25, 0.3) is 0 Å². The molecule has 126 valence electrons. The number of halogens is 2. The maximum Gasteiger partial charge on any atom is 0.410 e. The molecule has 5 nitrogen and oxygen atoms in total. The lowest BCUT2D eigenvalue weighted by molar-refractivity contribution is -0.120. The van der Waals surface area contributed by atoms with Crippen molar-refractivity contribution in [1.29, 1.82) is 0 Å². The molecule has 1 heterocycles. The fourth-order valence-electron chi connectivity index (χ4n) is 2.40. The van der Waals surface area contributed by atoms with Gasteiger partial charge in [0.2, 0.25) is 5.91 Å². The third-order valence-electron chi connectivity index (χ3n) is 3.39. The molecule has 1 aromatic rings. The van der Waals surface area contributed by atoms with Crippen molar-refractivity contribution in [3.8, 4) is 0 Å². The minimum Gasteiger partial charge on any atom is -0.444 e. The Bertz CT molecular complexity index is 594. The smallest absolute Gasteiger partial charge is 0.410 e. The van der Waals surface area contributed by atoms with Gasteiger partial charge in [0.1, 0.15) is 29.0 Å². The van der Waals surface area contributed by atoms with Crippen molar-refractivity contribution in [1.82, 2.24) is 4.90 Å². The average molecular weight is 326 g/mol. The number of para-hydroxylation sites is 1. The Morgan fingerprint density at radius 2 is 1.87 bits per heavy atom. The largest absolute Gasteiger partial charge is 0.444 e. The van der Waals surface area contributed by atoms with Crippen molar-refractivity contribution < 1.29 is 23.1 Å². The summed E-state index contributed by atoms with van der Waals surface area (Å²) >= 11 is 0. The summed E-state index contributed by atoms with van der Waals surface area (Å²) in [5.41, 5.74) is -1.19. The van der Waals surface area contributed by atoms with Crippen molar-refractivity contribution in [3.63, 3.8) is 0 Å². The van der Waals surface area contributed by atoms with Crippen LogP contribution in [0.4, 0.5) is 19.3 Å². The SMILES string of the molecule is CC(C)(C)OC(=O)N1CCC[C@H]1C(=O)Nc1c(F)cccc1F. The molecule has 0 aliphatic carbocycles. The summed E-state index contributed by atoms with van der Waals surface area (Å²) in [5, 5.41) is 2.23. The van der Waals surface area contributed by atoms with Gasteiger partial charge in [-0.05, 0) is 45.7 Å². The lowest BCUT2D eigenvalue weighted by Crippen LogP contribution is -2.45. The van der Waals surface area contributed by atoms with Crippen LogP contribution in [-0.2, 0) is 9.53 Å². The third-order valence-corrected chi connectivity index (χ3v) is 3.39. The Hall–Kier alpha value is -2.18. The Kier molecular flexibility index (Phi) is 4.87. The molecule has 1 N–H and O–H groups in total. The quantitative estimate of drug-likeness (QED) is 0.907. The van der Waals surface area contributed by atoms with Gasteiger partial charge in [0.15, 0.2) is 0 Å². The highest BCUT2D eigenvalue weighted by molar-refractivity contribution is 5.97. The highest BCUT2D eigenvalue weighted by Crippen LogP contribution is 2.24. The minimum absolute atomic E-state index is 0.368. The molecule has 2 rings (SSSR count). The summed E-state index contributed by atoms with van der Waals surface area (Å²) in [6.45, 7) is 5.55. The second-order valence-corrected chi connectivity index (χ2v) is 6.42. The maximum absolute atomic E-state index is 13.6. The van der Waals surface area contributed by atoms with Crippen LogP contribution in [0.5, 0.6) is 0 Å². The fourth-order valence-corrected chi connectivity index (χ4v) is 2.40. The molecule has 1 saturated heterocycles. The van der Waals surface area contributed by atoms with Crippen LogP contribution < -0.4 is 5.32 Å². The van der Waals surface area contributed by atoms with Crippen LogP contribution in [0.2, 0.25) is 0 Å². The predicted molar refractivity (Wildman–Crippen MR) is 80.9 cm³/mol. The van der Waals surface area contributed by atoms with Crippen LogP contribution in [0.15, 0.2) is 18.2 Å². The first-order valence-corrected chi connectivity index (χ1v) is 7.43. The van der Waals surface area contributed by atoms with E-state index in [0.717, 1.165) is 12.1 Å². The van der Waals surface area contributed by atoms with Crippen molar-refractivity contribution in [2.45, 2.75) is 45.3 Å². The van der Waals surface area contributed by atoms with Gasteiger partial charge >= 0.3 is 6.09 Å². The van der Waals surface area contributed by atoms with Gasteiger partial charge in [0, 0.05) is 6.54 Å². The van der Waals surface area contributed by atoms with Gasteiger partial charge in [-0.1, -0.05) is 6.07 Å². The second kappa shape index (κ2) is 6.52. The van der Waals surface area contributed by atoms with E-state index in [-0.39, 0.29) is 0 Å². The van der Waals surface area contributed by atoms with E-state index in [0.29, 0.717) is 19.4 Å². The van der Waals surface area contributed by atoms with Crippen LogP contribution >= 0.6 is 0 Å². The van der Waals surface area contributed by atoms with E-state index < -0.39 is 41.0 Å². The lowest BCUT2D eigenvalue weighted by atomic mass is 10.2. The van der Waals surface area contributed by atoms with Crippen LogP contribution in [0.3, 0.4) is 0 Å². The first kappa shape index (κ1) is 17.2. The molecule has 0 bridgehead atoms. The second-order valence-electron chi connectivity index (χ2n) is 6.42. The number of likely N-dealkylation sites (tertiary alicyclic amines) is 1. The molecule has 1 fully saturated rings. The number of hydrogen-bond donors (Lipinski definition) is 1. The molecule has 7 heteroatoms. The topological polar surface area (TPSA) is 58.6 Å². The van der Waals surface area contributed by atoms with E-state index in [4.69, 9.17) is 4.74 Å². The molecule has 1 aromatic carbocycles. The van der Waals surface area contributed by atoms with E-state index in [1.165, 1.54) is 11.0 Å². The molecule has 1 atom stereocenters. The average Bonchev–Trinajstić information content (AvgIpc) is 2.90. The minimum atomic E-state index is -0.861. The summed E-state index contributed by atoms with van der Waals surface area (Å²) in [6.07, 6.45) is 0.433. The molecule has 0 spiro atoms. The van der Waals surface area contributed by atoms with E-state index in [1.807, 2.05) is 0 Å². The number of amides is 2. The summed E-state index contributed by atoms with van der Waals surface area (Å²) in [5.74, 6) is -2.35. The van der Waals surface area contributed by atoms with Gasteiger partial charge in [0.05, 0.1) is 0 Å². The Labute approximate surface area is 133 Å². The van der Waals surface area contributed by atoms with E-state index >= 15 is 0 Å². The highest BCUT2D eigenvalue weighted by atomic mass is 19.1. The zero-order valence-corrected chi connectivity index (χ0v) is 13.4. The van der Waals surface area contributed by atoms with Crippen molar-refractivity contribution >= 4 is 17.7 Å². The van der Waals surface area contributed by atoms with E-state index in [9.17, 15) is 18.4 Å². The van der Waals surface area contributed by atoms with Crippen LogP contribution in [0.1, 0.15) is 33.6 Å². The van der Waals surface area contributed by atoms with Crippen molar-refractivity contribution in [3.05, 3.63) is 29.8 Å². The molecule has 0 saturated carbocycles. The Balaban J connectivity index is 2.10. The summed E-state index contributed by atoms with van der Waals surface area (Å²) in [6, 6.07) is 2.52. The van der Waals surface area contributed by atoms with Crippen molar-refractivity contribution in [2.24, 2.45) is 0 Å². The number of anilines is 1. The summed E-state index contributed by atoms with van der Waals surface area (Å²) in [7, 11) is 0. The van der Waals surface area contributed by atoms with Gasteiger partial charge in [-0.15, -0.1) is 0 Å². The predicted octanol–water partition coefficient (Wildman–Crippen LogP) is 3.30. The lowest BCUT2D eigenvalue weighted by Gasteiger charge is -2.28. The van der Waals surface area contributed by atoms with Crippen LogP contribution in [-0.4, -0.2) is 35.1 Å². The summed E-state index contributed by atoms with van der Waals surface area (Å²) in [4.78, 5) is 25.7. The molecule has 1 aliphatic rings. The third kappa shape index (κ3) is 4.18. The number of carbonyl (C=O) groups is 2. The van der Waals surface area contributed by atoms with Gasteiger partial charge in [-0.25, -0.2) is 13.6 Å². The molecule has 0 radical (unpaired) electrons. The first-order valence-electron chi connectivity index (χ1n) is 7.43. The zero-order valence-electron chi connectivity index (χ0n) is 13.4. The summed E-state index contributed by atoms with van der Waals surface area (Å²) < 4.78 is 32.5. The molecular weight excluding hydrogens is 306 g/mol. The monoisotopic (exact) mass is 326 g/mol. The standard InChI is InChI=1S/C16H20F2N2O3/c1-16(2,3)23-15(22)20-9-5-8-12(20)14(21)19-13-10(17)6-4-7-11(13)18/h4,6-7,12H,5,8-9H2,1-3H3,(H,19,21)/t12-/m0/s1. The fraction of sp³-hybridized carbons (Fsp3) is 0.500. The number of nitrogens with zero attached hydrogens (tertiary/aromatic N) is 1. The highest BCUT2D eigenvalue weighted by Gasteiger charge is 2.37. The molecule has 0 aromatic heterocycles. The molecule has 1 aliphatic heterocycles. The Morgan fingerprint density at radius 3 is 2.43 bits per heavy atom. The number of rotatable bonds is 2. The number of ether oxygens (including phenoxy) is 1. The number of hydrogen-bond acceptors (Lipinski definition) is 3. The van der Waals surface area contributed by atoms with E-state index in [1.54, 1.807) is 20.8 Å². The first-order chi connectivity index (χ1) is 10.7. The van der Waals surface area contributed by atoms with Gasteiger partial charge in [-0.2, -0.15) is 0 Å². The van der Waals surface area contributed by atoms with Gasteiger partial charge in [-0.3, -0.25) is 9.69 Å². The normalized spacial score (nSPS) is 18.0. The molecule has 23 heavy (non-hydrogen) atoms. The number of benzene rings is 1. The Morgan fingerprint density at radius 1 is 1.26 bits per heavy atom. The molecule has 0 unspecified atom stereocenters. The maximum atomic E-state index is 13.6. The molecular formula is C16H20F2N2O3.